The first kappa shape index (κ1) is 14.6. The van der Waals surface area contributed by atoms with E-state index in [1.54, 1.807) is 0 Å². The van der Waals surface area contributed by atoms with Crippen LogP contribution >= 0.6 is 0 Å². The molecule has 1 fully saturated rings. The number of carbonyl (C=O) groups excluding carboxylic acids is 3. The lowest BCUT2D eigenvalue weighted by Gasteiger charge is -2.31. The third kappa shape index (κ3) is 2.71. The van der Waals surface area contributed by atoms with Gasteiger partial charge in [0.25, 0.3) is 11.6 Å². The van der Waals surface area contributed by atoms with Crippen molar-refractivity contribution in [2.75, 3.05) is 6.54 Å². The average molecular weight is 295 g/mol. The molecule has 1 heterocycles. The first-order valence-corrected chi connectivity index (χ1v) is 5.90. The van der Waals surface area contributed by atoms with E-state index in [1.165, 1.54) is 6.92 Å². The lowest BCUT2D eigenvalue weighted by atomic mass is 10.1. The van der Waals surface area contributed by atoms with Crippen LogP contribution in [0.4, 0.5) is 10.1 Å². The molecule has 0 saturated carbocycles. The number of hydrogen-bond donors (Lipinski definition) is 1. The molecule has 0 aromatic heterocycles. The highest BCUT2D eigenvalue weighted by molar-refractivity contribution is 6.08. The molecule has 1 aliphatic heterocycles. The van der Waals surface area contributed by atoms with Gasteiger partial charge in [0.1, 0.15) is 24.0 Å². The largest absolute Gasteiger partial charge is 0.317 e. The van der Waals surface area contributed by atoms with Crippen molar-refractivity contribution in [1.82, 2.24) is 10.2 Å². The van der Waals surface area contributed by atoms with Crippen molar-refractivity contribution < 1.29 is 23.7 Å². The minimum atomic E-state index is -0.958. The number of halogens is 1. The van der Waals surface area contributed by atoms with Crippen LogP contribution in [-0.2, 0) is 9.59 Å². The zero-order valence-corrected chi connectivity index (χ0v) is 10.8. The maximum Gasteiger partial charge on any atom is 0.285 e. The Hall–Kier alpha value is -2.84. The number of nitrogens with zero attached hydrogens (tertiary/aromatic N) is 2. The Morgan fingerprint density at radius 3 is 2.76 bits per heavy atom. The molecule has 2 rings (SSSR count). The number of amides is 3. The molecule has 0 radical (unpaired) electrons. The van der Waals surface area contributed by atoms with Crippen LogP contribution < -0.4 is 5.32 Å². The van der Waals surface area contributed by atoms with E-state index < -0.39 is 46.7 Å². The molecule has 0 bridgehead atoms. The molecular formula is C12H10FN3O5. The van der Waals surface area contributed by atoms with E-state index in [4.69, 9.17) is 0 Å². The van der Waals surface area contributed by atoms with E-state index in [-0.39, 0.29) is 5.56 Å². The van der Waals surface area contributed by atoms with E-state index in [9.17, 15) is 28.9 Å². The van der Waals surface area contributed by atoms with Crippen LogP contribution in [0.25, 0.3) is 0 Å². The molecule has 1 aromatic rings. The van der Waals surface area contributed by atoms with E-state index >= 15 is 0 Å². The van der Waals surface area contributed by atoms with Gasteiger partial charge < -0.3 is 4.90 Å². The topological polar surface area (TPSA) is 110 Å². The van der Waals surface area contributed by atoms with Crippen molar-refractivity contribution in [3.05, 3.63) is 39.7 Å². The van der Waals surface area contributed by atoms with E-state index in [2.05, 4.69) is 0 Å². The van der Waals surface area contributed by atoms with Gasteiger partial charge in [0.15, 0.2) is 0 Å². The van der Waals surface area contributed by atoms with E-state index in [0.717, 1.165) is 17.0 Å². The molecule has 0 aliphatic carbocycles. The number of benzene rings is 1. The molecule has 9 heteroatoms. The van der Waals surface area contributed by atoms with Gasteiger partial charge in [0.05, 0.1) is 11.0 Å². The van der Waals surface area contributed by atoms with Crippen LogP contribution in [0.1, 0.15) is 17.3 Å². The van der Waals surface area contributed by atoms with Crippen LogP contribution in [0.2, 0.25) is 0 Å². The Labute approximate surface area is 117 Å². The summed E-state index contributed by atoms with van der Waals surface area (Å²) >= 11 is 0. The molecule has 1 atom stereocenters. The van der Waals surface area contributed by atoms with Crippen molar-refractivity contribution in [3.8, 4) is 0 Å². The lowest BCUT2D eigenvalue weighted by molar-refractivity contribution is -0.385. The Morgan fingerprint density at radius 1 is 1.48 bits per heavy atom. The summed E-state index contributed by atoms with van der Waals surface area (Å²) in [7, 11) is 0. The molecule has 110 valence electrons. The minimum Gasteiger partial charge on any atom is -0.317 e. The van der Waals surface area contributed by atoms with Gasteiger partial charge in [-0.05, 0) is 19.1 Å². The summed E-state index contributed by atoms with van der Waals surface area (Å²) in [5.74, 6) is -3.10. The van der Waals surface area contributed by atoms with Crippen molar-refractivity contribution >= 4 is 23.4 Å². The molecule has 1 aliphatic rings. The number of carbonyl (C=O) groups is 3. The highest BCUT2D eigenvalue weighted by atomic mass is 19.1. The summed E-state index contributed by atoms with van der Waals surface area (Å²) in [6, 6.07) is 1.51. The van der Waals surface area contributed by atoms with Gasteiger partial charge in [0, 0.05) is 0 Å². The van der Waals surface area contributed by atoms with Crippen molar-refractivity contribution in [2.24, 2.45) is 0 Å². The monoisotopic (exact) mass is 295 g/mol. The van der Waals surface area contributed by atoms with E-state index in [1.807, 2.05) is 5.32 Å². The normalized spacial score (nSPS) is 18.4. The standard InChI is InChI=1S/C12H10FN3O5/c1-6-11(18)14-10(17)5-15(6)12(19)8-3-2-7(13)4-9(8)16(20)21/h2-4,6H,5H2,1H3,(H,14,17,18). The molecule has 1 saturated heterocycles. The molecule has 1 aromatic carbocycles. The second-order valence-electron chi connectivity index (χ2n) is 4.44. The third-order valence-corrected chi connectivity index (χ3v) is 3.07. The average Bonchev–Trinajstić information content (AvgIpc) is 2.42. The van der Waals surface area contributed by atoms with Gasteiger partial charge in [-0.3, -0.25) is 29.8 Å². The molecule has 0 spiro atoms. The SMILES string of the molecule is CC1C(=O)NC(=O)CN1C(=O)c1ccc(F)cc1[N+](=O)[O-]. The number of nitro groups is 1. The zero-order valence-electron chi connectivity index (χ0n) is 10.8. The summed E-state index contributed by atoms with van der Waals surface area (Å²) in [6.07, 6.45) is 0. The predicted octanol–water partition coefficient (Wildman–Crippen LogP) is 0.221. The quantitative estimate of drug-likeness (QED) is 0.477. The maximum absolute atomic E-state index is 13.1. The van der Waals surface area contributed by atoms with Gasteiger partial charge in [0.2, 0.25) is 11.8 Å². The number of rotatable bonds is 2. The third-order valence-electron chi connectivity index (χ3n) is 3.07. The molecule has 3 amide bonds. The van der Waals surface area contributed by atoms with Crippen molar-refractivity contribution in [1.29, 1.82) is 0 Å². The second kappa shape index (κ2) is 5.27. The smallest absolute Gasteiger partial charge is 0.285 e. The van der Waals surface area contributed by atoms with E-state index in [0.29, 0.717) is 6.07 Å². The summed E-state index contributed by atoms with van der Waals surface area (Å²) in [6.45, 7) is 0.981. The molecular weight excluding hydrogens is 285 g/mol. The molecule has 21 heavy (non-hydrogen) atoms. The first-order chi connectivity index (χ1) is 9.81. The summed E-state index contributed by atoms with van der Waals surface area (Å²) in [5.41, 5.74) is -1.10. The predicted molar refractivity (Wildman–Crippen MR) is 66.7 cm³/mol. The molecule has 1 N–H and O–H groups in total. The number of hydrogen-bond acceptors (Lipinski definition) is 5. The van der Waals surface area contributed by atoms with Gasteiger partial charge >= 0.3 is 0 Å². The summed E-state index contributed by atoms with van der Waals surface area (Å²) < 4.78 is 13.1. The zero-order chi connectivity index (χ0) is 15.7. The Morgan fingerprint density at radius 2 is 2.14 bits per heavy atom. The van der Waals surface area contributed by atoms with Gasteiger partial charge in [-0.1, -0.05) is 0 Å². The Kier molecular flexibility index (Phi) is 3.66. The molecule has 1 unspecified atom stereocenters. The van der Waals surface area contributed by atoms with Crippen LogP contribution in [0, 0.1) is 15.9 Å². The number of imide groups is 1. The number of nitrogens with one attached hydrogen (secondary N) is 1. The van der Waals surface area contributed by atoms with Crippen LogP contribution in [0.5, 0.6) is 0 Å². The van der Waals surface area contributed by atoms with Crippen LogP contribution in [-0.4, -0.2) is 40.1 Å². The lowest BCUT2D eigenvalue weighted by Crippen LogP contribution is -2.58. The van der Waals surface area contributed by atoms with Crippen molar-refractivity contribution in [3.63, 3.8) is 0 Å². The fourth-order valence-electron chi connectivity index (χ4n) is 1.95. The molecule has 8 nitrogen and oxygen atoms in total. The first-order valence-electron chi connectivity index (χ1n) is 5.90. The van der Waals surface area contributed by atoms with Gasteiger partial charge in [-0.15, -0.1) is 0 Å². The fraction of sp³-hybridized carbons (Fsp3) is 0.250. The number of nitro benzene ring substituents is 1. The Balaban J connectivity index is 2.42. The van der Waals surface area contributed by atoms with Crippen molar-refractivity contribution in [2.45, 2.75) is 13.0 Å². The minimum absolute atomic E-state index is 0.379. The summed E-state index contributed by atoms with van der Waals surface area (Å²) in [4.78, 5) is 46.0. The summed E-state index contributed by atoms with van der Waals surface area (Å²) in [5, 5.41) is 12.9. The maximum atomic E-state index is 13.1. The van der Waals surface area contributed by atoms with Crippen LogP contribution in [0.15, 0.2) is 18.2 Å². The Bertz CT molecular complexity index is 660. The van der Waals surface area contributed by atoms with Crippen LogP contribution in [0.3, 0.4) is 0 Å². The highest BCUT2D eigenvalue weighted by Gasteiger charge is 2.36. The highest BCUT2D eigenvalue weighted by Crippen LogP contribution is 2.23. The van der Waals surface area contributed by atoms with Gasteiger partial charge in [-0.2, -0.15) is 0 Å². The van der Waals surface area contributed by atoms with Gasteiger partial charge in [-0.25, -0.2) is 4.39 Å². The fourth-order valence-corrected chi connectivity index (χ4v) is 1.95. The number of piperazine rings is 1. The second-order valence-corrected chi connectivity index (χ2v) is 4.44.